The van der Waals surface area contributed by atoms with Crippen LogP contribution in [0.25, 0.3) is 0 Å². The molecule has 0 saturated carbocycles. The molecule has 4 nitrogen and oxygen atoms in total. The van der Waals surface area contributed by atoms with Gasteiger partial charge in [-0.15, -0.1) is 0 Å². The van der Waals surface area contributed by atoms with E-state index in [-0.39, 0.29) is 5.91 Å². The van der Waals surface area contributed by atoms with Crippen molar-refractivity contribution >= 4 is 5.91 Å². The van der Waals surface area contributed by atoms with Crippen LogP contribution in [0.2, 0.25) is 0 Å². The number of carbonyl (C=O) groups excluding carboxylic acids is 1. The van der Waals surface area contributed by atoms with Crippen LogP contribution < -0.4 is 0 Å². The zero-order valence-electron chi connectivity index (χ0n) is 14.1. The lowest BCUT2D eigenvalue weighted by atomic mass is 10.1. The Hall–Kier alpha value is -3.01. The Morgan fingerprint density at radius 3 is 1.80 bits per heavy atom. The van der Waals surface area contributed by atoms with Crippen molar-refractivity contribution in [1.29, 1.82) is 0 Å². The topological polar surface area (TPSA) is 46.1 Å². The first-order valence-corrected chi connectivity index (χ1v) is 8.41. The molecular formula is C21H21N3O. The molecule has 0 fully saturated rings. The van der Waals surface area contributed by atoms with Crippen molar-refractivity contribution in [2.75, 3.05) is 0 Å². The third kappa shape index (κ3) is 5.24. The SMILES string of the molecule is O=C(CCc1cncnc1)N(Cc1ccccc1)Cc1ccccc1. The molecule has 4 heteroatoms. The van der Waals surface area contributed by atoms with E-state index >= 15 is 0 Å². The third-order valence-corrected chi connectivity index (χ3v) is 4.03. The number of rotatable bonds is 7. The van der Waals surface area contributed by atoms with Gasteiger partial charge in [0.1, 0.15) is 6.33 Å². The zero-order valence-corrected chi connectivity index (χ0v) is 14.1. The van der Waals surface area contributed by atoms with Gasteiger partial charge < -0.3 is 4.90 Å². The summed E-state index contributed by atoms with van der Waals surface area (Å²) in [5.41, 5.74) is 3.25. The second-order valence-electron chi connectivity index (χ2n) is 5.97. The van der Waals surface area contributed by atoms with Crippen molar-refractivity contribution in [2.24, 2.45) is 0 Å². The molecule has 0 aliphatic heterocycles. The molecule has 3 aromatic rings. The molecule has 0 aliphatic carbocycles. The predicted molar refractivity (Wildman–Crippen MR) is 97.5 cm³/mol. The van der Waals surface area contributed by atoms with Crippen molar-refractivity contribution in [3.8, 4) is 0 Å². The van der Waals surface area contributed by atoms with Gasteiger partial charge in [0.25, 0.3) is 0 Å². The molecule has 3 rings (SSSR count). The monoisotopic (exact) mass is 331 g/mol. The summed E-state index contributed by atoms with van der Waals surface area (Å²) in [7, 11) is 0. The molecule has 1 aromatic heterocycles. The molecule has 126 valence electrons. The van der Waals surface area contributed by atoms with Crippen LogP contribution >= 0.6 is 0 Å². The standard InChI is InChI=1S/C21H21N3O/c25-21(12-11-20-13-22-17-23-14-20)24(15-18-7-3-1-4-8-18)16-19-9-5-2-6-10-19/h1-10,13-14,17H,11-12,15-16H2. The maximum absolute atomic E-state index is 12.8. The Kier molecular flexibility index (Phi) is 5.88. The van der Waals surface area contributed by atoms with Crippen LogP contribution in [-0.2, 0) is 24.3 Å². The number of hydrogen-bond acceptors (Lipinski definition) is 3. The van der Waals surface area contributed by atoms with Crippen LogP contribution in [0.5, 0.6) is 0 Å². The molecule has 0 radical (unpaired) electrons. The summed E-state index contributed by atoms with van der Waals surface area (Å²) in [6, 6.07) is 20.2. The molecule has 1 heterocycles. The minimum Gasteiger partial charge on any atom is -0.334 e. The Morgan fingerprint density at radius 1 is 0.760 bits per heavy atom. The largest absolute Gasteiger partial charge is 0.334 e. The van der Waals surface area contributed by atoms with Gasteiger partial charge in [0.2, 0.25) is 5.91 Å². The fraction of sp³-hybridized carbons (Fsp3) is 0.190. The van der Waals surface area contributed by atoms with E-state index in [9.17, 15) is 4.79 Å². The molecular weight excluding hydrogens is 310 g/mol. The number of aromatic nitrogens is 2. The van der Waals surface area contributed by atoms with Gasteiger partial charge in [-0.3, -0.25) is 4.79 Å². The summed E-state index contributed by atoms with van der Waals surface area (Å²) >= 11 is 0. The average molecular weight is 331 g/mol. The van der Waals surface area contributed by atoms with E-state index in [1.165, 1.54) is 6.33 Å². The van der Waals surface area contributed by atoms with Gasteiger partial charge in [-0.2, -0.15) is 0 Å². The first kappa shape index (κ1) is 16.8. The van der Waals surface area contributed by atoms with Crippen LogP contribution in [0.15, 0.2) is 79.4 Å². The molecule has 1 amide bonds. The van der Waals surface area contributed by atoms with Crippen molar-refractivity contribution in [3.63, 3.8) is 0 Å². The number of nitrogens with zero attached hydrogens (tertiary/aromatic N) is 3. The number of hydrogen-bond donors (Lipinski definition) is 0. The molecule has 0 N–H and O–H groups in total. The lowest BCUT2D eigenvalue weighted by Crippen LogP contribution is -2.30. The molecule has 0 atom stereocenters. The lowest BCUT2D eigenvalue weighted by Gasteiger charge is -2.23. The molecule has 0 unspecified atom stereocenters. The molecule has 0 spiro atoms. The number of carbonyl (C=O) groups is 1. The van der Waals surface area contributed by atoms with E-state index in [0.29, 0.717) is 25.9 Å². The zero-order chi connectivity index (χ0) is 17.3. The molecule has 2 aromatic carbocycles. The first-order chi connectivity index (χ1) is 12.3. The van der Waals surface area contributed by atoms with Crippen LogP contribution in [0, 0.1) is 0 Å². The summed E-state index contributed by atoms with van der Waals surface area (Å²) in [4.78, 5) is 22.7. The fourth-order valence-corrected chi connectivity index (χ4v) is 2.71. The molecule has 25 heavy (non-hydrogen) atoms. The first-order valence-electron chi connectivity index (χ1n) is 8.41. The summed E-state index contributed by atoms with van der Waals surface area (Å²) in [5, 5.41) is 0. The van der Waals surface area contributed by atoms with E-state index in [1.54, 1.807) is 12.4 Å². The van der Waals surface area contributed by atoms with E-state index in [4.69, 9.17) is 0 Å². The van der Waals surface area contributed by atoms with Gasteiger partial charge in [0.05, 0.1) is 0 Å². The average Bonchev–Trinajstić information content (AvgIpc) is 2.68. The highest BCUT2D eigenvalue weighted by molar-refractivity contribution is 5.76. The number of aryl methyl sites for hydroxylation is 1. The Bertz CT molecular complexity index is 735. The highest BCUT2D eigenvalue weighted by Gasteiger charge is 2.14. The Labute approximate surface area is 148 Å². The van der Waals surface area contributed by atoms with Gasteiger partial charge in [0.15, 0.2) is 0 Å². The van der Waals surface area contributed by atoms with Crippen molar-refractivity contribution in [3.05, 3.63) is 96.1 Å². The van der Waals surface area contributed by atoms with E-state index in [1.807, 2.05) is 41.3 Å². The number of benzene rings is 2. The van der Waals surface area contributed by atoms with Crippen LogP contribution in [0.3, 0.4) is 0 Å². The van der Waals surface area contributed by atoms with Gasteiger partial charge >= 0.3 is 0 Å². The maximum Gasteiger partial charge on any atom is 0.223 e. The van der Waals surface area contributed by atoms with Crippen LogP contribution in [-0.4, -0.2) is 20.8 Å². The maximum atomic E-state index is 12.8. The van der Waals surface area contributed by atoms with Gasteiger partial charge in [-0.1, -0.05) is 60.7 Å². The smallest absolute Gasteiger partial charge is 0.223 e. The minimum absolute atomic E-state index is 0.136. The molecule has 0 saturated heterocycles. The van der Waals surface area contributed by atoms with Gasteiger partial charge in [0, 0.05) is 31.9 Å². The Morgan fingerprint density at radius 2 is 1.28 bits per heavy atom. The van der Waals surface area contributed by atoms with Crippen LogP contribution in [0.4, 0.5) is 0 Å². The second-order valence-corrected chi connectivity index (χ2v) is 5.97. The van der Waals surface area contributed by atoms with E-state index < -0.39 is 0 Å². The predicted octanol–water partition coefficient (Wildman–Crippen LogP) is 3.64. The van der Waals surface area contributed by atoms with E-state index in [0.717, 1.165) is 16.7 Å². The number of amides is 1. The normalized spacial score (nSPS) is 10.4. The quantitative estimate of drug-likeness (QED) is 0.664. The third-order valence-electron chi connectivity index (χ3n) is 4.03. The lowest BCUT2D eigenvalue weighted by molar-refractivity contribution is -0.132. The summed E-state index contributed by atoms with van der Waals surface area (Å²) < 4.78 is 0. The fourth-order valence-electron chi connectivity index (χ4n) is 2.71. The van der Waals surface area contributed by atoms with Crippen molar-refractivity contribution in [1.82, 2.24) is 14.9 Å². The van der Waals surface area contributed by atoms with Crippen molar-refractivity contribution in [2.45, 2.75) is 25.9 Å². The van der Waals surface area contributed by atoms with Gasteiger partial charge in [-0.25, -0.2) is 9.97 Å². The second kappa shape index (κ2) is 8.73. The molecule has 0 aliphatic rings. The summed E-state index contributed by atoms with van der Waals surface area (Å²) in [5.74, 6) is 0.136. The van der Waals surface area contributed by atoms with E-state index in [2.05, 4.69) is 34.2 Å². The minimum atomic E-state index is 0.136. The summed E-state index contributed by atoms with van der Waals surface area (Å²) in [6.07, 6.45) is 6.13. The molecule has 0 bridgehead atoms. The highest BCUT2D eigenvalue weighted by Crippen LogP contribution is 2.13. The van der Waals surface area contributed by atoms with Crippen LogP contribution in [0.1, 0.15) is 23.1 Å². The highest BCUT2D eigenvalue weighted by atomic mass is 16.2. The summed E-state index contributed by atoms with van der Waals surface area (Å²) in [6.45, 7) is 1.22. The Balaban J connectivity index is 1.69. The van der Waals surface area contributed by atoms with Crippen molar-refractivity contribution < 1.29 is 4.79 Å². The van der Waals surface area contributed by atoms with Gasteiger partial charge in [-0.05, 0) is 23.1 Å².